The highest BCUT2D eigenvalue weighted by atomic mass is 15.4. The molecule has 4 heterocycles. The molecule has 1 saturated heterocycles. The van der Waals surface area contributed by atoms with Crippen molar-refractivity contribution in [2.75, 3.05) is 36.0 Å². The van der Waals surface area contributed by atoms with Crippen molar-refractivity contribution in [3.05, 3.63) is 35.7 Å². The van der Waals surface area contributed by atoms with Gasteiger partial charge in [0, 0.05) is 37.4 Å². The summed E-state index contributed by atoms with van der Waals surface area (Å²) in [5, 5.41) is 12.8. The Labute approximate surface area is 146 Å². The molecular weight excluding hydrogens is 316 g/mol. The quantitative estimate of drug-likeness (QED) is 0.715. The number of hydrogen-bond acceptors (Lipinski definition) is 7. The average molecular weight is 338 g/mol. The number of aromatic nitrogens is 6. The van der Waals surface area contributed by atoms with Gasteiger partial charge in [0.25, 0.3) is 0 Å². The fourth-order valence-electron chi connectivity index (χ4n) is 3.27. The van der Waals surface area contributed by atoms with Gasteiger partial charge in [-0.2, -0.15) is 9.61 Å². The van der Waals surface area contributed by atoms with E-state index in [1.165, 1.54) is 0 Å². The first kappa shape index (κ1) is 15.7. The second-order valence-corrected chi connectivity index (χ2v) is 6.36. The molecule has 25 heavy (non-hydrogen) atoms. The summed E-state index contributed by atoms with van der Waals surface area (Å²) in [6.45, 7) is 9.90. The first-order valence-electron chi connectivity index (χ1n) is 8.65. The van der Waals surface area contributed by atoms with E-state index in [1.54, 1.807) is 17.2 Å². The maximum Gasteiger partial charge on any atom is 0.200 e. The molecule has 1 aliphatic heterocycles. The molecule has 0 atom stereocenters. The summed E-state index contributed by atoms with van der Waals surface area (Å²) in [5.74, 6) is 1.05. The fraction of sp³-hybridized carbons (Fsp3) is 0.471. The van der Waals surface area contributed by atoms with Gasteiger partial charge in [-0.05, 0) is 26.3 Å². The van der Waals surface area contributed by atoms with Crippen molar-refractivity contribution in [3.8, 4) is 0 Å². The standard InChI is InChI=1S/C17H22N8/c1-4-14-9-15(17-21-20-11-25(17)22-14)23-5-7-24(8-6-23)16-12(2)13(3)18-10-19-16/h9-11H,4-8H2,1-3H3. The van der Waals surface area contributed by atoms with Gasteiger partial charge in [0.05, 0.1) is 11.4 Å². The van der Waals surface area contributed by atoms with Crippen molar-refractivity contribution < 1.29 is 0 Å². The Morgan fingerprint density at radius 1 is 1.04 bits per heavy atom. The normalized spacial score (nSPS) is 15.2. The third-order valence-corrected chi connectivity index (χ3v) is 4.89. The molecule has 0 spiro atoms. The highest BCUT2D eigenvalue weighted by molar-refractivity contribution is 5.69. The van der Waals surface area contributed by atoms with E-state index >= 15 is 0 Å². The van der Waals surface area contributed by atoms with Crippen LogP contribution >= 0.6 is 0 Å². The van der Waals surface area contributed by atoms with Gasteiger partial charge in [0.15, 0.2) is 0 Å². The predicted octanol–water partition coefficient (Wildman–Crippen LogP) is 1.42. The molecule has 0 aliphatic carbocycles. The number of rotatable bonds is 3. The first-order chi connectivity index (χ1) is 12.2. The van der Waals surface area contributed by atoms with Crippen LogP contribution in [-0.4, -0.2) is 56.0 Å². The molecule has 8 heteroatoms. The van der Waals surface area contributed by atoms with E-state index in [1.807, 2.05) is 6.92 Å². The van der Waals surface area contributed by atoms with E-state index in [-0.39, 0.29) is 0 Å². The Bertz CT molecular complexity index is 895. The van der Waals surface area contributed by atoms with E-state index < -0.39 is 0 Å². The van der Waals surface area contributed by atoms with E-state index in [9.17, 15) is 0 Å². The van der Waals surface area contributed by atoms with Crippen molar-refractivity contribution in [1.82, 2.24) is 29.8 Å². The fourth-order valence-corrected chi connectivity index (χ4v) is 3.27. The Balaban J connectivity index is 1.58. The number of nitrogens with zero attached hydrogens (tertiary/aromatic N) is 8. The highest BCUT2D eigenvalue weighted by Gasteiger charge is 2.22. The minimum atomic E-state index is 0.819. The summed E-state index contributed by atoms with van der Waals surface area (Å²) in [7, 11) is 0. The number of hydrogen-bond donors (Lipinski definition) is 0. The van der Waals surface area contributed by atoms with Gasteiger partial charge in [-0.1, -0.05) is 6.92 Å². The Kier molecular flexibility index (Phi) is 3.95. The number of aryl methyl sites for hydroxylation is 2. The molecular formula is C17H22N8. The summed E-state index contributed by atoms with van der Waals surface area (Å²) in [6, 6.07) is 2.14. The molecule has 0 saturated carbocycles. The topological polar surface area (TPSA) is 75.3 Å². The van der Waals surface area contributed by atoms with Gasteiger partial charge in [-0.3, -0.25) is 0 Å². The predicted molar refractivity (Wildman–Crippen MR) is 96.1 cm³/mol. The molecule has 1 aliphatic rings. The van der Waals surface area contributed by atoms with Crippen molar-refractivity contribution in [2.24, 2.45) is 0 Å². The lowest BCUT2D eigenvalue weighted by atomic mass is 10.2. The lowest BCUT2D eigenvalue weighted by Crippen LogP contribution is -2.47. The molecule has 0 aromatic carbocycles. The van der Waals surface area contributed by atoms with Crippen molar-refractivity contribution in [2.45, 2.75) is 27.2 Å². The van der Waals surface area contributed by atoms with Crippen LogP contribution in [0.4, 0.5) is 11.5 Å². The van der Waals surface area contributed by atoms with Gasteiger partial charge >= 0.3 is 0 Å². The summed E-state index contributed by atoms with van der Waals surface area (Å²) in [6.07, 6.45) is 4.21. The van der Waals surface area contributed by atoms with Crippen LogP contribution in [0.1, 0.15) is 23.9 Å². The third-order valence-electron chi connectivity index (χ3n) is 4.89. The molecule has 0 bridgehead atoms. The van der Waals surface area contributed by atoms with Gasteiger partial charge in [-0.15, -0.1) is 10.2 Å². The minimum absolute atomic E-state index is 0.819. The van der Waals surface area contributed by atoms with E-state index in [0.29, 0.717) is 0 Å². The SMILES string of the molecule is CCc1cc(N2CCN(c3ncnc(C)c3C)CC2)c2nncn2n1. The molecule has 3 aromatic rings. The van der Waals surface area contributed by atoms with Gasteiger partial charge < -0.3 is 9.80 Å². The first-order valence-corrected chi connectivity index (χ1v) is 8.65. The highest BCUT2D eigenvalue weighted by Crippen LogP contribution is 2.25. The van der Waals surface area contributed by atoms with Gasteiger partial charge in [-0.25, -0.2) is 9.97 Å². The number of anilines is 2. The lowest BCUT2D eigenvalue weighted by Gasteiger charge is -2.37. The van der Waals surface area contributed by atoms with Gasteiger partial charge in [0.2, 0.25) is 5.65 Å². The number of fused-ring (bicyclic) bond motifs is 1. The van der Waals surface area contributed by atoms with Crippen LogP contribution < -0.4 is 9.80 Å². The summed E-state index contributed by atoms with van der Waals surface area (Å²) in [4.78, 5) is 13.5. The van der Waals surface area contributed by atoms with E-state index in [4.69, 9.17) is 0 Å². The summed E-state index contributed by atoms with van der Waals surface area (Å²) < 4.78 is 1.78. The van der Waals surface area contributed by atoms with Crippen LogP contribution in [0.25, 0.3) is 5.65 Å². The Morgan fingerprint density at radius 3 is 2.56 bits per heavy atom. The zero-order valence-corrected chi connectivity index (χ0v) is 14.8. The van der Waals surface area contributed by atoms with Crippen LogP contribution in [0.15, 0.2) is 18.7 Å². The van der Waals surface area contributed by atoms with Crippen molar-refractivity contribution in [1.29, 1.82) is 0 Å². The maximum atomic E-state index is 4.53. The van der Waals surface area contributed by atoms with Crippen LogP contribution in [-0.2, 0) is 6.42 Å². The average Bonchev–Trinajstić information content (AvgIpc) is 3.12. The molecule has 130 valence electrons. The molecule has 0 amide bonds. The smallest absolute Gasteiger partial charge is 0.200 e. The van der Waals surface area contributed by atoms with Crippen LogP contribution in [0, 0.1) is 13.8 Å². The molecule has 0 radical (unpaired) electrons. The molecule has 8 nitrogen and oxygen atoms in total. The Hall–Kier alpha value is -2.77. The third kappa shape index (κ3) is 2.77. The number of piperazine rings is 1. The Morgan fingerprint density at radius 2 is 1.80 bits per heavy atom. The molecule has 0 N–H and O–H groups in total. The molecule has 4 rings (SSSR count). The second-order valence-electron chi connectivity index (χ2n) is 6.36. The zero-order chi connectivity index (χ0) is 17.4. The summed E-state index contributed by atoms with van der Waals surface area (Å²) in [5.41, 5.74) is 5.18. The van der Waals surface area contributed by atoms with E-state index in [2.05, 4.69) is 55.0 Å². The molecule has 1 fully saturated rings. The van der Waals surface area contributed by atoms with Crippen LogP contribution in [0.3, 0.4) is 0 Å². The zero-order valence-electron chi connectivity index (χ0n) is 14.8. The van der Waals surface area contributed by atoms with Crippen molar-refractivity contribution >= 4 is 17.2 Å². The lowest BCUT2D eigenvalue weighted by molar-refractivity contribution is 0.643. The van der Waals surface area contributed by atoms with E-state index in [0.717, 1.165) is 66.7 Å². The maximum absolute atomic E-state index is 4.53. The molecule has 0 unspecified atom stereocenters. The minimum Gasteiger partial charge on any atom is -0.365 e. The monoisotopic (exact) mass is 338 g/mol. The van der Waals surface area contributed by atoms with Crippen molar-refractivity contribution in [3.63, 3.8) is 0 Å². The largest absolute Gasteiger partial charge is 0.365 e. The summed E-state index contributed by atoms with van der Waals surface area (Å²) >= 11 is 0. The van der Waals surface area contributed by atoms with Gasteiger partial charge in [0.1, 0.15) is 18.5 Å². The van der Waals surface area contributed by atoms with Crippen LogP contribution in [0.2, 0.25) is 0 Å². The molecule has 3 aromatic heterocycles. The van der Waals surface area contributed by atoms with Crippen LogP contribution in [0.5, 0.6) is 0 Å². The second kappa shape index (κ2) is 6.27.